The van der Waals surface area contributed by atoms with E-state index in [2.05, 4.69) is 4.74 Å². The Morgan fingerprint density at radius 3 is 2.06 bits per heavy atom. The average Bonchev–Trinajstić information content (AvgIpc) is 2.74. The number of esters is 1. The Morgan fingerprint density at radius 1 is 0.906 bits per heavy atom. The van der Waals surface area contributed by atoms with Crippen LogP contribution >= 0.6 is 0 Å². The van der Waals surface area contributed by atoms with Gasteiger partial charge in [0.15, 0.2) is 11.5 Å². The molecule has 0 fully saturated rings. The van der Waals surface area contributed by atoms with Crippen molar-refractivity contribution in [3.8, 4) is 11.5 Å². The molecule has 0 unspecified atom stereocenters. The van der Waals surface area contributed by atoms with Crippen molar-refractivity contribution >= 4 is 24.4 Å². The zero-order chi connectivity index (χ0) is 24.1. The number of carbonyl (C=O) groups is 4. The highest BCUT2D eigenvalue weighted by Crippen LogP contribution is 2.30. The highest BCUT2D eigenvalue weighted by Gasteiger charge is 2.22. The van der Waals surface area contributed by atoms with E-state index in [0.717, 1.165) is 7.11 Å². The molecule has 12 nitrogen and oxygen atoms in total. The Bertz CT molecular complexity index is 796. The molecule has 0 spiro atoms. The zero-order valence-corrected chi connectivity index (χ0v) is 18.3. The van der Waals surface area contributed by atoms with Crippen LogP contribution in [-0.2, 0) is 34.9 Å². The molecule has 32 heavy (non-hydrogen) atoms. The van der Waals surface area contributed by atoms with E-state index in [-0.39, 0.29) is 37.7 Å². The molecule has 0 amide bonds. The van der Waals surface area contributed by atoms with Crippen molar-refractivity contribution < 1.29 is 52.3 Å². The molecule has 0 bridgehead atoms. The lowest BCUT2D eigenvalue weighted by molar-refractivity contribution is -0.152. The van der Waals surface area contributed by atoms with Gasteiger partial charge in [-0.15, -0.1) is 0 Å². The normalized spacial score (nSPS) is 12.0. The number of rotatable bonds is 10. The Labute approximate surface area is 184 Å². The van der Waals surface area contributed by atoms with Crippen LogP contribution in [0.2, 0.25) is 0 Å². The van der Waals surface area contributed by atoms with Gasteiger partial charge in [-0.25, -0.2) is 14.4 Å². The van der Waals surface area contributed by atoms with Crippen LogP contribution in [0, 0.1) is 0 Å². The van der Waals surface area contributed by atoms with Crippen LogP contribution in [0.15, 0.2) is 18.2 Å². The first-order chi connectivity index (χ1) is 15.2. The second kappa shape index (κ2) is 13.7. The number of hydrogen-bond donors (Lipinski definition) is 1. The first-order valence-electron chi connectivity index (χ1n) is 9.69. The van der Waals surface area contributed by atoms with E-state index in [0.29, 0.717) is 5.56 Å². The molecule has 1 aromatic rings. The Balaban J connectivity index is 2.85. The number of benzene rings is 1. The van der Waals surface area contributed by atoms with Crippen molar-refractivity contribution in [3.63, 3.8) is 0 Å². The number of ether oxygens (including phenoxy) is 7. The molecule has 0 heterocycles. The molecule has 12 heteroatoms. The van der Waals surface area contributed by atoms with Gasteiger partial charge in [0.2, 0.25) is 0 Å². The summed E-state index contributed by atoms with van der Waals surface area (Å²) in [6, 6.07) is 3.15. The molecule has 0 radical (unpaired) electrons. The van der Waals surface area contributed by atoms with E-state index in [4.69, 9.17) is 34.2 Å². The summed E-state index contributed by atoms with van der Waals surface area (Å²) < 4.78 is 33.7. The third kappa shape index (κ3) is 9.51. The number of nitrogens with two attached hydrogens (primary N) is 1. The van der Waals surface area contributed by atoms with Crippen LogP contribution in [-0.4, -0.2) is 63.5 Å². The molecule has 0 aromatic heterocycles. The van der Waals surface area contributed by atoms with Crippen LogP contribution in [0.4, 0.5) is 14.4 Å². The molecule has 0 aliphatic carbocycles. The molecule has 0 aliphatic rings. The fourth-order valence-electron chi connectivity index (χ4n) is 2.22. The molecule has 0 saturated heterocycles. The van der Waals surface area contributed by atoms with Crippen molar-refractivity contribution in [3.05, 3.63) is 23.8 Å². The van der Waals surface area contributed by atoms with Gasteiger partial charge < -0.3 is 38.9 Å². The van der Waals surface area contributed by atoms with E-state index in [1.165, 1.54) is 25.1 Å². The molecule has 0 saturated carbocycles. The maximum atomic E-state index is 12.2. The van der Waals surface area contributed by atoms with E-state index >= 15 is 0 Å². The minimum absolute atomic E-state index is 0.00227. The van der Waals surface area contributed by atoms with Gasteiger partial charge in [0.1, 0.15) is 18.8 Å². The number of hydrogen-bond acceptors (Lipinski definition) is 12. The summed E-state index contributed by atoms with van der Waals surface area (Å²) in [5, 5.41) is 0. The second-order valence-corrected chi connectivity index (χ2v) is 6.17. The molecule has 2 atom stereocenters. The van der Waals surface area contributed by atoms with Gasteiger partial charge in [-0.3, -0.25) is 4.79 Å². The first-order valence-corrected chi connectivity index (χ1v) is 9.69. The van der Waals surface area contributed by atoms with Gasteiger partial charge >= 0.3 is 24.4 Å². The highest BCUT2D eigenvalue weighted by atomic mass is 16.7. The number of methoxy groups -OCH3 is 1. The molecular weight excluding hydrogens is 430 g/mol. The van der Waals surface area contributed by atoms with Crippen molar-refractivity contribution in [2.24, 2.45) is 5.73 Å². The van der Waals surface area contributed by atoms with Crippen molar-refractivity contribution in [1.29, 1.82) is 0 Å². The second-order valence-electron chi connectivity index (χ2n) is 6.17. The van der Waals surface area contributed by atoms with E-state index in [9.17, 15) is 19.2 Å². The van der Waals surface area contributed by atoms with Gasteiger partial charge in [0.25, 0.3) is 0 Å². The molecule has 178 valence electrons. The quantitative estimate of drug-likeness (QED) is 0.311. The molecule has 2 N–H and O–H groups in total. The summed E-state index contributed by atoms with van der Waals surface area (Å²) in [6.07, 6.45) is -3.66. The van der Waals surface area contributed by atoms with Gasteiger partial charge in [0.05, 0.1) is 20.3 Å². The zero-order valence-electron chi connectivity index (χ0n) is 18.3. The third-order valence-corrected chi connectivity index (χ3v) is 3.60. The van der Waals surface area contributed by atoms with Gasteiger partial charge in [-0.05, 0) is 44.9 Å². The topological polar surface area (TPSA) is 159 Å². The van der Waals surface area contributed by atoms with E-state index in [1.807, 2.05) is 0 Å². The summed E-state index contributed by atoms with van der Waals surface area (Å²) in [5.41, 5.74) is 6.37. The summed E-state index contributed by atoms with van der Waals surface area (Å²) >= 11 is 0. The SMILES string of the molecule is CCOC(=O)Oc1ccc(C[C@H](N)C(=O)O[C@@H](C)COC(=O)OC)cc1OC(=O)OCC. The third-order valence-electron chi connectivity index (χ3n) is 3.60. The van der Waals surface area contributed by atoms with Crippen LogP contribution < -0.4 is 15.2 Å². The smallest absolute Gasteiger partial charge is 0.458 e. The summed E-state index contributed by atoms with van der Waals surface area (Å²) in [6.45, 7) is 4.66. The van der Waals surface area contributed by atoms with Crippen molar-refractivity contribution in [2.45, 2.75) is 39.3 Å². The van der Waals surface area contributed by atoms with Crippen LogP contribution in [0.1, 0.15) is 26.3 Å². The lowest BCUT2D eigenvalue weighted by atomic mass is 10.1. The number of carbonyl (C=O) groups excluding carboxylic acids is 4. The standard InChI is InChI=1S/C20H27NO11/c1-5-27-19(24)31-15-8-7-13(10-16(15)32-20(25)28-6-2)9-14(21)17(22)30-12(3)11-29-18(23)26-4/h7-8,10,12,14H,5-6,9,11,21H2,1-4H3/t12-,14-/m0/s1. The fourth-order valence-corrected chi connectivity index (χ4v) is 2.22. The minimum atomic E-state index is -1.08. The fraction of sp³-hybridized carbons (Fsp3) is 0.500. The minimum Gasteiger partial charge on any atom is -0.458 e. The summed E-state index contributed by atoms with van der Waals surface area (Å²) in [7, 11) is 1.15. The van der Waals surface area contributed by atoms with Crippen molar-refractivity contribution in [1.82, 2.24) is 0 Å². The highest BCUT2D eigenvalue weighted by molar-refractivity contribution is 5.76. The lowest BCUT2D eigenvalue weighted by Crippen LogP contribution is -2.37. The van der Waals surface area contributed by atoms with Crippen LogP contribution in [0.25, 0.3) is 0 Å². The molecule has 0 aliphatic heterocycles. The monoisotopic (exact) mass is 457 g/mol. The summed E-state index contributed by atoms with van der Waals surface area (Å²) in [4.78, 5) is 46.5. The Hall–Kier alpha value is -3.54. The van der Waals surface area contributed by atoms with Crippen LogP contribution in [0.5, 0.6) is 11.5 Å². The van der Waals surface area contributed by atoms with E-state index < -0.39 is 36.6 Å². The Kier molecular flexibility index (Phi) is 11.3. The Morgan fingerprint density at radius 2 is 1.50 bits per heavy atom. The van der Waals surface area contributed by atoms with E-state index in [1.54, 1.807) is 13.8 Å². The van der Waals surface area contributed by atoms with Gasteiger partial charge in [-0.1, -0.05) is 6.07 Å². The average molecular weight is 457 g/mol. The maximum absolute atomic E-state index is 12.2. The van der Waals surface area contributed by atoms with Gasteiger partial charge in [-0.2, -0.15) is 0 Å². The first kappa shape index (κ1) is 26.5. The predicted octanol–water partition coefficient (Wildman–Crippen LogP) is 2.34. The maximum Gasteiger partial charge on any atom is 0.513 e. The van der Waals surface area contributed by atoms with Gasteiger partial charge in [0, 0.05) is 0 Å². The molecule has 1 rings (SSSR count). The largest absolute Gasteiger partial charge is 0.513 e. The molecular formula is C20H27NO11. The van der Waals surface area contributed by atoms with Crippen LogP contribution in [0.3, 0.4) is 0 Å². The lowest BCUT2D eigenvalue weighted by Gasteiger charge is -2.17. The predicted molar refractivity (Wildman–Crippen MR) is 107 cm³/mol. The summed E-state index contributed by atoms with van der Waals surface area (Å²) in [5.74, 6) is -0.968. The molecule has 1 aromatic carbocycles. The van der Waals surface area contributed by atoms with Crippen molar-refractivity contribution in [2.75, 3.05) is 26.9 Å².